The van der Waals surface area contributed by atoms with E-state index in [1.807, 2.05) is 18.4 Å². The molecule has 1 aromatic carbocycles. The van der Waals surface area contributed by atoms with Crippen LogP contribution in [0.4, 0.5) is 5.69 Å². The molecule has 0 unspecified atom stereocenters. The van der Waals surface area contributed by atoms with E-state index in [4.69, 9.17) is 0 Å². The molecule has 0 saturated carbocycles. The fourth-order valence-electron chi connectivity index (χ4n) is 4.55. The lowest BCUT2D eigenvalue weighted by Crippen LogP contribution is -2.48. The molecular formula is C22H30N4O3S2. The third kappa shape index (κ3) is 4.70. The average Bonchev–Trinajstić information content (AvgIpc) is 3.35. The summed E-state index contributed by atoms with van der Waals surface area (Å²) in [5.74, 6) is -0.0223. The molecule has 0 bridgehead atoms. The lowest BCUT2D eigenvalue weighted by atomic mass is 10.1. The van der Waals surface area contributed by atoms with Gasteiger partial charge in [0.25, 0.3) is 0 Å². The van der Waals surface area contributed by atoms with Gasteiger partial charge in [0.2, 0.25) is 15.9 Å². The van der Waals surface area contributed by atoms with Crippen molar-refractivity contribution in [3.05, 3.63) is 46.2 Å². The maximum Gasteiger partial charge on any atom is 0.240 e. The van der Waals surface area contributed by atoms with Gasteiger partial charge >= 0.3 is 0 Å². The molecule has 1 aromatic heterocycles. The first-order chi connectivity index (χ1) is 14.8. The van der Waals surface area contributed by atoms with E-state index in [0.717, 1.165) is 37.4 Å². The van der Waals surface area contributed by atoms with Crippen molar-refractivity contribution >= 4 is 33.0 Å². The van der Waals surface area contributed by atoms with E-state index in [9.17, 15) is 13.2 Å². The van der Waals surface area contributed by atoms with Crippen molar-refractivity contribution in [3.8, 4) is 0 Å². The van der Waals surface area contributed by atoms with Crippen molar-refractivity contribution in [1.29, 1.82) is 0 Å². The minimum Gasteiger partial charge on any atom is -0.309 e. The molecule has 0 aliphatic carbocycles. The number of thiophene rings is 1. The standard InChI is InChI=1S/C22H30N4O3S2/c1-16-13-18-14-19(6-7-20(18)26(16)17(2)27)31(28,29)23-15-21(22-5-4-12-30-22)25-10-8-24(3)9-11-25/h4-7,12,14,16,21,23H,8-11,13,15H2,1-3H3/t16-,21+/m0/s1. The van der Waals surface area contributed by atoms with Gasteiger partial charge in [-0.1, -0.05) is 6.07 Å². The Balaban J connectivity index is 1.52. The van der Waals surface area contributed by atoms with Crippen LogP contribution in [0.3, 0.4) is 0 Å². The molecule has 4 rings (SSSR count). The van der Waals surface area contributed by atoms with Crippen LogP contribution in [-0.2, 0) is 21.2 Å². The normalized spacial score (nSPS) is 21.3. The fourth-order valence-corrected chi connectivity index (χ4v) is 6.50. The highest BCUT2D eigenvalue weighted by molar-refractivity contribution is 7.89. The summed E-state index contributed by atoms with van der Waals surface area (Å²) in [7, 11) is -1.55. The molecule has 168 valence electrons. The van der Waals surface area contributed by atoms with Crippen molar-refractivity contribution in [1.82, 2.24) is 14.5 Å². The number of benzene rings is 1. The molecule has 31 heavy (non-hydrogen) atoms. The number of likely N-dealkylation sites (N-methyl/N-ethyl adjacent to an activating group) is 1. The van der Waals surface area contributed by atoms with E-state index in [0.29, 0.717) is 13.0 Å². The number of carbonyl (C=O) groups excluding carboxylic acids is 1. The summed E-state index contributed by atoms with van der Waals surface area (Å²) in [5, 5.41) is 2.04. The molecule has 3 heterocycles. The van der Waals surface area contributed by atoms with Crippen LogP contribution in [-0.4, -0.2) is 69.9 Å². The molecule has 7 nitrogen and oxygen atoms in total. The summed E-state index contributed by atoms with van der Waals surface area (Å²) in [6.07, 6.45) is 0.664. The predicted octanol–water partition coefficient (Wildman–Crippen LogP) is 2.31. The Bertz CT molecular complexity index is 1030. The molecule has 0 radical (unpaired) electrons. The molecule has 2 aliphatic heterocycles. The fraction of sp³-hybridized carbons (Fsp3) is 0.500. The van der Waals surface area contributed by atoms with Crippen LogP contribution in [0.1, 0.15) is 30.3 Å². The Kier molecular flexibility index (Phi) is 6.50. The number of nitrogens with one attached hydrogen (secondary N) is 1. The SMILES string of the molecule is CC(=O)N1c2ccc(S(=O)(=O)NC[C@H](c3cccs3)N3CCN(C)CC3)cc2C[C@@H]1C. The smallest absolute Gasteiger partial charge is 0.240 e. The molecule has 9 heteroatoms. The second kappa shape index (κ2) is 8.99. The average molecular weight is 463 g/mol. The lowest BCUT2D eigenvalue weighted by Gasteiger charge is -2.37. The van der Waals surface area contributed by atoms with Crippen LogP contribution in [0.2, 0.25) is 0 Å². The third-order valence-electron chi connectivity index (χ3n) is 6.23. The number of rotatable bonds is 6. The van der Waals surface area contributed by atoms with Gasteiger partial charge in [-0.05, 0) is 55.6 Å². The highest BCUT2D eigenvalue weighted by Crippen LogP contribution is 2.34. The van der Waals surface area contributed by atoms with E-state index < -0.39 is 10.0 Å². The Hall–Kier alpha value is -1.78. The molecule has 0 spiro atoms. The van der Waals surface area contributed by atoms with Crippen LogP contribution in [0, 0.1) is 0 Å². The second-order valence-electron chi connectivity index (χ2n) is 8.46. The minimum absolute atomic E-state index is 0.0196. The second-order valence-corrected chi connectivity index (χ2v) is 11.2. The van der Waals surface area contributed by atoms with Gasteiger partial charge in [0, 0.05) is 56.3 Å². The zero-order chi connectivity index (χ0) is 22.2. The van der Waals surface area contributed by atoms with Crippen LogP contribution >= 0.6 is 11.3 Å². The lowest BCUT2D eigenvalue weighted by molar-refractivity contribution is -0.116. The molecule has 1 N–H and O–H groups in total. The van der Waals surface area contributed by atoms with E-state index in [1.54, 1.807) is 41.4 Å². The van der Waals surface area contributed by atoms with E-state index >= 15 is 0 Å². The zero-order valence-electron chi connectivity index (χ0n) is 18.2. The predicted molar refractivity (Wildman–Crippen MR) is 124 cm³/mol. The van der Waals surface area contributed by atoms with Crippen molar-refractivity contribution in [2.24, 2.45) is 0 Å². The summed E-state index contributed by atoms with van der Waals surface area (Å²) in [4.78, 5) is 19.8. The Morgan fingerprint density at radius 3 is 2.61 bits per heavy atom. The topological polar surface area (TPSA) is 73.0 Å². The summed E-state index contributed by atoms with van der Waals surface area (Å²) in [6.45, 7) is 7.64. The van der Waals surface area contributed by atoms with Crippen molar-refractivity contribution < 1.29 is 13.2 Å². The maximum absolute atomic E-state index is 13.1. The van der Waals surface area contributed by atoms with E-state index in [2.05, 4.69) is 27.6 Å². The van der Waals surface area contributed by atoms with Crippen molar-refractivity contribution in [2.45, 2.75) is 37.2 Å². The highest BCUT2D eigenvalue weighted by Gasteiger charge is 2.31. The third-order valence-corrected chi connectivity index (χ3v) is 8.63. The number of carbonyl (C=O) groups is 1. The largest absolute Gasteiger partial charge is 0.309 e. The highest BCUT2D eigenvalue weighted by atomic mass is 32.2. The van der Waals surface area contributed by atoms with Gasteiger partial charge in [-0.2, -0.15) is 0 Å². The molecule has 2 aliphatic rings. The molecule has 2 aromatic rings. The van der Waals surface area contributed by atoms with Gasteiger partial charge in [0.05, 0.1) is 10.9 Å². The molecule has 1 amide bonds. The zero-order valence-corrected chi connectivity index (χ0v) is 19.9. The number of amides is 1. The van der Waals surface area contributed by atoms with Gasteiger partial charge in [0.15, 0.2) is 0 Å². The molecular weight excluding hydrogens is 432 g/mol. The first kappa shape index (κ1) is 22.4. The Labute approximate surface area is 188 Å². The summed E-state index contributed by atoms with van der Waals surface area (Å²) in [6, 6.07) is 9.23. The first-order valence-corrected chi connectivity index (χ1v) is 13.0. The van der Waals surface area contributed by atoms with E-state index in [-0.39, 0.29) is 22.9 Å². The number of hydrogen-bond donors (Lipinski definition) is 1. The van der Waals surface area contributed by atoms with Crippen molar-refractivity contribution in [3.63, 3.8) is 0 Å². The van der Waals surface area contributed by atoms with Crippen LogP contribution < -0.4 is 9.62 Å². The van der Waals surface area contributed by atoms with Crippen LogP contribution in [0.15, 0.2) is 40.6 Å². The summed E-state index contributed by atoms with van der Waals surface area (Å²) in [5.41, 5.74) is 1.72. The monoisotopic (exact) mass is 462 g/mol. The van der Waals surface area contributed by atoms with Gasteiger partial charge in [-0.3, -0.25) is 9.69 Å². The molecule has 2 atom stereocenters. The molecule has 1 fully saturated rings. The van der Waals surface area contributed by atoms with E-state index in [1.165, 1.54) is 4.88 Å². The van der Waals surface area contributed by atoms with Gasteiger partial charge in [-0.25, -0.2) is 13.1 Å². The van der Waals surface area contributed by atoms with Crippen molar-refractivity contribution in [2.75, 3.05) is 44.7 Å². The first-order valence-electron chi connectivity index (χ1n) is 10.6. The number of anilines is 1. The minimum atomic E-state index is -3.66. The van der Waals surface area contributed by atoms with Gasteiger partial charge < -0.3 is 9.80 Å². The number of hydrogen-bond acceptors (Lipinski definition) is 6. The quantitative estimate of drug-likeness (QED) is 0.713. The van der Waals surface area contributed by atoms with Crippen LogP contribution in [0.25, 0.3) is 0 Å². The summed E-state index contributed by atoms with van der Waals surface area (Å²) >= 11 is 1.66. The van der Waals surface area contributed by atoms with Gasteiger partial charge in [-0.15, -0.1) is 11.3 Å². The number of sulfonamides is 1. The van der Waals surface area contributed by atoms with Gasteiger partial charge in [0.1, 0.15) is 0 Å². The Morgan fingerprint density at radius 2 is 1.97 bits per heavy atom. The maximum atomic E-state index is 13.1. The molecule has 1 saturated heterocycles. The Morgan fingerprint density at radius 1 is 1.23 bits per heavy atom. The number of fused-ring (bicyclic) bond motifs is 1. The number of piperazine rings is 1. The number of nitrogens with zero attached hydrogens (tertiary/aromatic N) is 3. The van der Waals surface area contributed by atoms with Crippen LogP contribution in [0.5, 0.6) is 0 Å². The summed E-state index contributed by atoms with van der Waals surface area (Å²) < 4.78 is 29.1.